The van der Waals surface area contributed by atoms with E-state index in [9.17, 15) is 44.8 Å². The summed E-state index contributed by atoms with van der Waals surface area (Å²) in [5.41, 5.74) is 1.44. The summed E-state index contributed by atoms with van der Waals surface area (Å²) in [4.78, 5) is 52.4. The third-order valence-corrected chi connectivity index (χ3v) is 7.04. The predicted molar refractivity (Wildman–Crippen MR) is 119 cm³/mol. The molecule has 3 aliphatic carbocycles. The van der Waals surface area contributed by atoms with Gasteiger partial charge in [-0.1, -0.05) is 0 Å². The number of ketones is 2. The lowest BCUT2D eigenvalue weighted by atomic mass is 9.60. The summed E-state index contributed by atoms with van der Waals surface area (Å²) in [5, 5.41) is 53.3. The van der Waals surface area contributed by atoms with Crippen molar-refractivity contribution < 1.29 is 44.8 Å². The number of rotatable bonds is 3. The first kappa shape index (κ1) is 24.2. The van der Waals surface area contributed by atoms with Gasteiger partial charge in [0.1, 0.15) is 22.8 Å². The second kappa shape index (κ2) is 7.82. The van der Waals surface area contributed by atoms with Crippen molar-refractivity contribution in [2.24, 2.45) is 17.6 Å². The highest BCUT2D eigenvalue weighted by atomic mass is 16.5. The summed E-state index contributed by atoms with van der Waals surface area (Å²) in [7, 11) is 4.36. The highest BCUT2D eigenvalue weighted by Gasteiger charge is 2.59. The van der Waals surface area contributed by atoms with Crippen LogP contribution in [0.3, 0.4) is 0 Å². The fourth-order valence-corrected chi connectivity index (χ4v) is 5.40. The summed E-state index contributed by atoms with van der Waals surface area (Å²) in [6.07, 6.45) is -0.229. The van der Waals surface area contributed by atoms with Crippen molar-refractivity contribution in [3.63, 3.8) is 0 Å². The molecule has 0 unspecified atom stereocenters. The van der Waals surface area contributed by atoms with Gasteiger partial charge in [-0.2, -0.15) is 0 Å². The number of nitrogens with zero attached hydrogens (tertiary/aromatic N) is 2. The molecule has 3 aliphatic rings. The van der Waals surface area contributed by atoms with Crippen LogP contribution in [0, 0.1) is 11.8 Å². The number of aliphatic hydroxyl groups is 3. The molecule has 0 bridgehead atoms. The number of phenols is 1. The van der Waals surface area contributed by atoms with Gasteiger partial charge in [0.05, 0.1) is 11.1 Å². The Kier molecular flexibility index (Phi) is 5.41. The third-order valence-electron chi connectivity index (χ3n) is 7.04. The Balaban J connectivity index is 1.96. The highest BCUT2D eigenvalue weighted by Crippen LogP contribution is 2.52. The number of aliphatic hydroxyl groups excluding tert-OH is 2. The molecule has 0 heterocycles. The van der Waals surface area contributed by atoms with Crippen molar-refractivity contribution in [1.82, 2.24) is 5.06 Å². The Bertz CT molecular complexity index is 1280. The van der Waals surface area contributed by atoms with E-state index >= 15 is 0 Å². The van der Waals surface area contributed by atoms with Gasteiger partial charge in [0, 0.05) is 44.7 Å². The van der Waals surface area contributed by atoms with Crippen molar-refractivity contribution in [2.45, 2.75) is 24.9 Å². The number of hydrogen-bond donors (Lipinski definition) is 6. The fourth-order valence-electron chi connectivity index (χ4n) is 5.40. The summed E-state index contributed by atoms with van der Waals surface area (Å²) < 4.78 is 0. The van der Waals surface area contributed by atoms with Crippen molar-refractivity contribution in [1.29, 1.82) is 0 Å². The number of allylic oxidation sites excluding steroid dienone is 2. The predicted octanol–water partition coefficient (Wildman–Crippen LogP) is 0.108. The number of nitrogens with two attached hydrogens (primary N) is 1. The standard InChI is InChI=1S/C23H25N3O9/c1-25(2)12-7-11(22(33)26(3)35)17(28)15-10(12)5-8-4-9-6-13(27)16(21(24)32)20(31)23(9,34)19(30)14(8)18(15)29/h7-9,27-28,30,34-35H,4-6H2,1-3H3,(H2,24,32)/t8-,9+,23+/m1/s1. The lowest BCUT2D eigenvalue weighted by Gasteiger charge is -2.45. The molecule has 0 aliphatic heterocycles. The summed E-state index contributed by atoms with van der Waals surface area (Å²) in [6.45, 7) is 0. The first-order valence-corrected chi connectivity index (χ1v) is 10.7. The number of amides is 2. The van der Waals surface area contributed by atoms with Gasteiger partial charge in [0.25, 0.3) is 11.8 Å². The number of Topliss-reactive ketones (excluding diaryl/α,β-unsaturated/α-hetero) is 2. The molecule has 1 aromatic rings. The minimum Gasteiger partial charge on any atom is -0.511 e. The van der Waals surface area contributed by atoms with Crippen molar-refractivity contribution in [3.05, 3.63) is 45.4 Å². The maximum absolute atomic E-state index is 13.6. The van der Waals surface area contributed by atoms with E-state index in [0.717, 1.165) is 7.05 Å². The molecular weight excluding hydrogens is 462 g/mol. The molecule has 12 nitrogen and oxygen atoms in total. The van der Waals surface area contributed by atoms with Gasteiger partial charge < -0.3 is 31.1 Å². The monoisotopic (exact) mass is 487 g/mol. The smallest absolute Gasteiger partial charge is 0.280 e. The number of fused-ring (bicyclic) bond motifs is 3. The lowest BCUT2D eigenvalue weighted by Crippen LogP contribution is -2.57. The summed E-state index contributed by atoms with van der Waals surface area (Å²) in [6, 6.07) is 1.34. The zero-order valence-electron chi connectivity index (χ0n) is 19.2. The Morgan fingerprint density at radius 3 is 2.29 bits per heavy atom. The molecule has 3 atom stereocenters. The molecule has 7 N–H and O–H groups in total. The Labute approximate surface area is 199 Å². The van der Waals surface area contributed by atoms with E-state index in [2.05, 4.69) is 0 Å². The van der Waals surface area contributed by atoms with Crippen LogP contribution in [0.15, 0.2) is 28.7 Å². The van der Waals surface area contributed by atoms with E-state index in [0.29, 0.717) is 11.3 Å². The van der Waals surface area contributed by atoms with Crippen molar-refractivity contribution in [3.8, 4) is 5.75 Å². The van der Waals surface area contributed by atoms with Crippen LogP contribution >= 0.6 is 0 Å². The molecule has 0 saturated heterocycles. The average Bonchev–Trinajstić information content (AvgIpc) is 2.75. The van der Waals surface area contributed by atoms with E-state index in [1.165, 1.54) is 6.07 Å². The summed E-state index contributed by atoms with van der Waals surface area (Å²) >= 11 is 0. The number of primary amides is 1. The van der Waals surface area contributed by atoms with Crippen molar-refractivity contribution in [2.75, 3.05) is 26.0 Å². The number of hydrogen-bond acceptors (Lipinski definition) is 10. The van der Waals surface area contributed by atoms with Gasteiger partial charge in [-0.15, -0.1) is 0 Å². The van der Waals surface area contributed by atoms with Crippen LogP contribution < -0.4 is 10.6 Å². The topological polar surface area (TPSA) is 202 Å². The zero-order valence-corrected chi connectivity index (χ0v) is 19.2. The molecule has 0 spiro atoms. The quantitative estimate of drug-likeness (QED) is 0.193. The lowest BCUT2D eigenvalue weighted by molar-refractivity contribution is -0.144. The second-order valence-corrected chi connectivity index (χ2v) is 9.28. The molecular formula is C23H25N3O9. The third kappa shape index (κ3) is 3.21. The van der Waals surface area contributed by atoms with E-state index in [-0.39, 0.29) is 41.0 Å². The molecule has 0 aromatic heterocycles. The number of aromatic hydroxyl groups is 1. The molecule has 35 heavy (non-hydrogen) atoms. The van der Waals surface area contributed by atoms with Crippen LogP contribution in [-0.4, -0.2) is 80.8 Å². The van der Waals surface area contributed by atoms with Crippen LogP contribution in [0.5, 0.6) is 5.75 Å². The molecule has 0 fully saturated rings. The molecule has 186 valence electrons. The molecule has 0 radical (unpaired) electrons. The molecule has 0 saturated carbocycles. The Hall–Kier alpha value is -3.90. The first-order valence-electron chi connectivity index (χ1n) is 10.7. The Morgan fingerprint density at radius 2 is 1.74 bits per heavy atom. The number of carbonyl (C=O) groups excluding carboxylic acids is 4. The number of carbonyl (C=O) groups is 4. The first-order chi connectivity index (χ1) is 16.2. The maximum atomic E-state index is 13.6. The minimum absolute atomic E-state index is 0.00337. The molecule has 2 amide bonds. The number of phenolic OH excluding ortho intramolecular Hbond substituents is 1. The number of benzene rings is 1. The van der Waals surface area contributed by atoms with Crippen LogP contribution in [-0.2, 0) is 16.0 Å². The summed E-state index contributed by atoms with van der Waals surface area (Å²) in [5.74, 6) is -8.54. The van der Waals surface area contributed by atoms with Gasteiger partial charge in [0.15, 0.2) is 11.4 Å². The van der Waals surface area contributed by atoms with Gasteiger partial charge in [-0.25, -0.2) is 5.06 Å². The average molecular weight is 487 g/mol. The van der Waals surface area contributed by atoms with Crippen LogP contribution in [0.2, 0.25) is 0 Å². The maximum Gasteiger partial charge on any atom is 0.280 e. The second-order valence-electron chi connectivity index (χ2n) is 9.28. The van der Waals surface area contributed by atoms with Gasteiger partial charge in [-0.3, -0.25) is 24.4 Å². The van der Waals surface area contributed by atoms with E-state index in [1.54, 1.807) is 19.0 Å². The fraction of sp³-hybridized carbons (Fsp3) is 0.391. The van der Waals surface area contributed by atoms with E-state index in [4.69, 9.17) is 5.73 Å². The van der Waals surface area contributed by atoms with Crippen LogP contribution in [0.25, 0.3) is 0 Å². The van der Waals surface area contributed by atoms with Crippen molar-refractivity contribution >= 4 is 29.1 Å². The SMILES string of the molecule is CN(O)C(=O)c1cc(N(C)C)c2c(c1O)C(=O)C1=C(O)[C@]3(O)C(=O)C(C(N)=O)=C(O)C[C@@H]3C[C@@H]1C2. The zero-order chi connectivity index (χ0) is 26.1. The normalized spacial score (nSPS) is 25.6. The minimum atomic E-state index is -2.67. The molecule has 1 aromatic carbocycles. The number of hydroxylamine groups is 2. The molecule has 12 heteroatoms. The Morgan fingerprint density at radius 1 is 1.11 bits per heavy atom. The van der Waals surface area contributed by atoms with Gasteiger partial charge in [-0.05, 0) is 30.4 Å². The molecule has 4 rings (SSSR count). The van der Waals surface area contributed by atoms with E-state index in [1.807, 2.05) is 0 Å². The highest BCUT2D eigenvalue weighted by molar-refractivity contribution is 6.24. The largest absolute Gasteiger partial charge is 0.511 e. The van der Waals surface area contributed by atoms with Crippen LogP contribution in [0.1, 0.15) is 39.1 Å². The van der Waals surface area contributed by atoms with Gasteiger partial charge in [0.2, 0.25) is 5.78 Å². The van der Waals surface area contributed by atoms with E-state index < -0.39 is 63.7 Å². The number of anilines is 1. The van der Waals surface area contributed by atoms with Gasteiger partial charge >= 0.3 is 0 Å². The van der Waals surface area contributed by atoms with Crippen LogP contribution in [0.4, 0.5) is 5.69 Å².